The van der Waals surface area contributed by atoms with Gasteiger partial charge in [0.15, 0.2) is 0 Å². The highest BCUT2D eigenvalue weighted by atomic mass is 19.1. The number of anilines is 2. The van der Waals surface area contributed by atoms with Crippen LogP contribution in [0.5, 0.6) is 5.75 Å². The van der Waals surface area contributed by atoms with E-state index in [1.165, 1.54) is 19.2 Å². The van der Waals surface area contributed by atoms with Gasteiger partial charge in [-0.2, -0.15) is 0 Å². The molecule has 28 heavy (non-hydrogen) atoms. The number of aryl methyl sites for hydroxylation is 1. The number of amides is 1. The minimum Gasteiger partial charge on any atom is -0.495 e. The van der Waals surface area contributed by atoms with Crippen LogP contribution in [0.2, 0.25) is 0 Å². The van der Waals surface area contributed by atoms with Gasteiger partial charge in [0.1, 0.15) is 17.4 Å². The van der Waals surface area contributed by atoms with Crippen LogP contribution < -0.4 is 10.1 Å². The molecule has 0 atom stereocenters. The van der Waals surface area contributed by atoms with Crippen molar-refractivity contribution in [3.05, 3.63) is 48.0 Å². The molecule has 2 aromatic heterocycles. The lowest BCUT2D eigenvalue weighted by Gasteiger charge is -2.27. The molecule has 0 aliphatic carbocycles. The number of morpholine rings is 1. The van der Waals surface area contributed by atoms with E-state index in [-0.39, 0.29) is 11.7 Å². The molecule has 1 saturated heterocycles. The Labute approximate surface area is 161 Å². The number of rotatable bonds is 4. The second kappa shape index (κ2) is 7.47. The maximum atomic E-state index is 13.7. The molecular weight excluding hydrogens is 363 g/mol. The summed E-state index contributed by atoms with van der Waals surface area (Å²) in [7, 11) is 3.40. The van der Waals surface area contributed by atoms with Crippen LogP contribution >= 0.6 is 0 Å². The van der Waals surface area contributed by atoms with E-state index in [1.54, 1.807) is 17.2 Å². The lowest BCUT2D eigenvalue weighted by molar-refractivity contribution is 0.0303. The molecule has 0 spiro atoms. The van der Waals surface area contributed by atoms with Crippen molar-refractivity contribution in [1.82, 2.24) is 14.5 Å². The third-order valence-electron chi connectivity index (χ3n) is 4.85. The predicted molar refractivity (Wildman–Crippen MR) is 104 cm³/mol. The first-order chi connectivity index (χ1) is 13.6. The Morgan fingerprint density at radius 1 is 1.29 bits per heavy atom. The standard InChI is InChI=1S/C20H21FN4O3/c1-24-6-5-14-18(24)15(20(26)25-7-9-28-10-8-25)12-22-19(14)23-16-11-13(21)3-4-17(16)27-2/h3-6,11-12H,7-10H2,1-2H3,(H,22,23). The summed E-state index contributed by atoms with van der Waals surface area (Å²) in [5.41, 5.74) is 1.76. The number of nitrogens with one attached hydrogen (secondary N) is 1. The molecule has 0 radical (unpaired) electrons. The van der Waals surface area contributed by atoms with Crippen LogP contribution in [0.15, 0.2) is 36.7 Å². The number of benzene rings is 1. The molecule has 1 aliphatic heterocycles. The van der Waals surface area contributed by atoms with Gasteiger partial charge in [-0.1, -0.05) is 0 Å². The van der Waals surface area contributed by atoms with Gasteiger partial charge in [0.2, 0.25) is 0 Å². The van der Waals surface area contributed by atoms with Crippen molar-refractivity contribution in [3.8, 4) is 5.75 Å². The maximum Gasteiger partial charge on any atom is 0.257 e. The molecule has 4 rings (SSSR count). The van der Waals surface area contributed by atoms with Crippen molar-refractivity contribution < 1.29 is 18.7 Å². The van der Waals surface area contributed by atoms with E-state index in [0.717, 1.165) is 10.9 Å². The van der Waals surface area contributed by atoms with Crippen molar-refractivity contribution in [1.29, 1.82) is 0 Å². The lowest BCUT2D eigenvalue weighted by Crippen LogP contribution is -2.40. The van der Waals surface area contributed by atoms with E-state index in [0.29, 0.717) is 49.1 Å². The van der Waals surface area contributed by atoms with Crippen molar-refractivity contribution in [2.24, 2.45) is 7.05 Å². The van der Waals surface area contributed by atoms with E-state index in [4.69, 9.17) is 9.47 Å². The number of nitrogens with zero attached hydrogens (tertiary/aromatic N) is 3. The van der Waals surface area contributed by atoms with E-state index >= 15 is 0 Å². The number of ether oxygens (including phenoxy) is 2. The fourth-order valence-electron chi connectivity index (χ4n) is 3.41. The molecule has 0 saturated carbocycles. The summed E-state index contributed by atoms with van der Waals surface area (Å²) in [6, 6.07) is 6.12. The molecule has 146 valence electrons. The Morgan fingerprint density at radius 2 is 2.07 bits per heavy atom. The lowest BCUT2D eigenvalue weighted by atomic mass is 10.1. The molecule has 1 aromatic carbocycles. The Kier molecular flexibility index (Phi) is 4.87. The van der Waals surface area contributed by atoms with Crippen molar-refractivity contribution in [2.75, 3.05) is 38.7 Å². The number of carbonyl (C=O) groups is 1. The molecular formula is C20H21FN4O3. The second-order valence-corrected chi connectivity index (χ2v) is 6.58. The highest BCUT2D eigenvalue weighted by molar-refractivity contribution is 6.08. The highest BCUT2D eigenvalue weighted by Crippen LogP contribution is 2.32. The van der Waals surface area contributed by atoms with Gasteiger partial charge in [0.05, 0.1) is 37.1 Å². The van der Waals surface area contributed by atoms with Crippen LogP contribution in [-0.2, 0) is 11.8 Å². The molecule has 0 unspecified atom stereocenters. The zero-order valence-electron chi connectivity index (χ0n) is 15.7. The van der Waals surface area contributed by atoms with Crippen LogP contribution in [0.3, 0.4) is 0 Å². The number of methoxy groups -OCH3 is 1. The van der Waals surface area contributed by atoms with Gasteiger partial charge in [-0.3, -0.25) is 4.79 Å². The summed E-state index contributed by atoms with van der Waals surface area (Å²) in [4.78, 5) is 19.2. The van der Waals surface area contributed by atoms with Crippen LogP contribution in [0.1, 0.15) is 10.4 Å². The van der Waals surface area contributed by atoms with Crippen molar-refractivity contribution >= 4 is 28.3 Å². The minimum absolute atomic E-state index is 0.0718. The van der Waals surface area contributed by atoms with Gasteiger partial charge in [0, 0.05) is 44.0 Å². The molecule has 1 N–H and O–H groups in total. The van der Waals surface area contributed by atoms with Crippen molar-refractivity contribution in [2.45, 2.75) is 0 Å². The average molecular weight is 384 g/mol. The van der Waals surface area contributed by atoms with E-state index < -0.39 is 0 Å². The first-order valence-corrected chi connectivity index (χ1v) is 9.00. The first kappa shape index (κ1) is 18.2. The SMILES string of the molecule is COc1ccc(F)cc1Nc1ncc(C(=O)N2CCOCC2)c2c1ccn2C. The minimum atomic E-state index is -0.383. The number of halogens is 1. The molecule has 3 aromatic rings. The smallest absolute Gasteiger partial charge is 0.257 e. The number of carbonyl (C=O) groups excluding carboxylic acids is 1. The molecule has 1 fully saturated rings. The third-order valence-corrected chi connectivity index (χ3v) is 4.85. The number of hydrogen-bond acceptors (Lipinski definition) is 5. The molecule has 0 bridgehead atoms. The summed E-state index contributed by atoms with van der Waals surface area (Å²) in [6.45, 7) is 2.19. The Balaban J connectivity index is 1.74. The summed E-state index contributed by atoms with van der Waals surface area (Å²) in [6.07, 6.45) is 3.44. The molecule has 7 nitrogen and oxygen atoms in total. The Morgan fingerprint density at radius 3 is 2.82 bits per heavy atom. The summed E-state index contributed by atoms with van der Waals surface area (Å²) in [5, 5.41) is 3.90. The van der Waals surface area contributed by atoms with Gasteiger partial charge in [-0.25, -0.2) is 9.37 Å². The normalized spacial score (nSPS) is 14.3. The number of fused-ring (bicyclic) bond motifs is 1. The number of aromatic nitrogens is 2. The van der Waals surface area contributed by atoms with E-state index in [2.05, 4.69) is 10.3 Å². The van der Waals surface area contributed by atoms with Crippen LogP contribution in [-0.4, -0.2) is 53.8 Å². The molecule has 8 heteroatoms. The molecule has 3 heterocycles. The van der Waals surface area contributed by atoms with Crippen molar-refractivity contribution in [3.63, 3.8) is 0 Å². The maximum absolute atomic E-state index is 13.7. The average Bonchev–Trinajstić information content (AvgIpc) is 3.11. The zero-order valence-corrected chi connectivity index (χ0v) is 15.7. The topological polar surface area (TPSA) is 68.6 Å². The number of pyridine rings is 1. The third kappa shape index (κ3) is 3.27. The Hall–Kier alpha value is -3.13. The molecule has 1 amide bonds. The number of hydrogen-bond donors (Lipinski definition) is 1. The largest absolute Gasteiger partial charge is 0.495 e. The predicted octanol–water partition coefficient (Wildman–Crippen LogP) is 2.94. The van der Waals surface area contributed by atoms with Crippen LogP contribution in [0.4, 0.5) is 15.9 Å². The summed E-state index contributed by atoms with van der Waals surface area (Å²) < 4.78 is 26.2. The van der Waals surface area contributed by atoms with Gasteiger partial charge in [0.25, 0.3) is 5.91 Å². The quantitative estimate of drug-likeness (QED) is 0.749. The van der Waals surface area contributed by atoms with E-state index in [1.807, 2.05) is 23.9 Å². The van der Waals surface area contributed by atoms with Gasteiger partial charge in [-0.05, 0) is 18.2 Å². The van der Waals surface area contributed by atoms with Crippen LogP contribution in [0.25, 0.3) is 10.9 Å². The fourth-order valence-corrected chi connectivity index (χ4v) is 3.41. The summed E-state index contributed by atoms with van der Waals surface area (Å²) >= 11 is 0. The zero-order chi connectivity index (χ0) is 19.7. The van der Waals surface area contributed by atoms with Gasteiger partial charge >= 0.3 is 0 Å². The second-order valence-electron chi connectivity index (χ2n) is 6.58. The fraction of sp³-hybridized carbons (Fsp3) is 0.300. The van der Waals surface area contributed by atoms with Crippen LogP contribution in [0, 0.1) is 5.82 Å². The molecule has 1 aliphatic rings. The van der Waals surface area contributed by atoms with Gasteiger partial charge in [-0.15, -0.1) is 0 Å². The van der Waals surface area contributed by atoms with Gasteiger partial charge < -0.3 is 24.3 Å². The van der Waals surface area contributed by atoms with E-state index in [9.17, 15) is 9.18 Å². The highest BCUT2D eigenvalue weighted by Gasteiger charge is 2.23. The summed E-state index contributed by atoms with van der Waals surface area (Å²) in [5.74, 6) is 0.572. The monoisotopic (exact) mass is 384 g/mol. The first-order valence-electron chi connectivity index (χ1n) is 9.00. The Bertz CT molecular complexity index is 1030.